The SMILES string of the molecule is CC1CN(C(C)C(=O)Nc2cc(N)ccc2F)CC1C. The molecule has 2 rings (SSSR count). The number of rotatable bonds is 3. The van der Waals surface area contributed by atoms with Gasteiger partial charge in [0, 0.05) is 18.8 Å². The lowest BCUT2D eigenvalue weighted by atomic mass is 10.0. The molecule has 1 aliphatic rings. The molecule has 0 aromatic heterocycles. The Hall–Kier alpha value is -1.62. The highest BCUT2D eigenvalue weighted by Gasteiger charge is 2.32. The molecule has 1 aromatic rings. The van der Waals surface area contributed by atoms with E-state index in [1.165, 1.54) is 18.2 Å². The summed E-state index contributed by atoms with van der Waals surface area (Å²) in [7, 11) is 0. The third kappa shape index (κ3) is 3.10. The number of likely N-dealkylation sites (tertiary alicyclic amines) is 1. The molecule has 1 aromatic carbocycles. The molecule has 0 aliphatic carbocycles. The largest absolute Gasteiger partial charge is 0.399 e. The van der Waals surface area contributed by atoms with E-state index in [0.717, 1.165) is 13.1 Å². The number of hydrogen-bond acceptors (Lipinski definition) is 3. The summed E-state index contributed by atoms with van der Waals surface area (Å²) >= 11 is 0. The number of carbonyl (C=O) groups excluding carboxylic acids is 1. The Morgan fingerprint density at radius 1 is 1.40 bits per heavy atom. The van der Waals surface area contributed by atoms with Crippen molar-refractivity contribution in [1.82, 2.24) is 4.90 Å². The maximum Gasteiger partial charge on any atom is 0.241 e. The van der Waals surface area contributed by atoms with Gasteiger partial charge < -0.3 is 11.1 Å². The zero-order valence-corrected chi connectivity index (χ0v) is 12.2. The Kier molecular flexibility index (Phi) is 4.28. The van der Waals surface area contributed by atoms with E-state index < -0.39 is 5.82 Å². The number of halogens is 1. The molecule has 3 unspecified atom stereocenters. The maximum atomic E-state index is 13.6. The van der Waals surface area contributed by atoms with Crippen LogP contribution in [0.5, 0.6) is 0 Å². The van der Waals surface area contributed by atoms with E-state index in [4.69, 9.17) is 5.73 Å². The molecule has 3 N–H and O–H groups in total. The number of anilines is 2. The van der Waals surface area contributed by atoms with Gasteiger partial charge in [-0.15, -0.1) is 0 Å². The van der Waals surface area contributed by atoms with Crippen LogP contribution in [0.4, 0.5) is 15.8 Å². The molecule has 110 valence electrons. The molecule has 1 heterocycles. The summed E-state index contributed by atoms with van der Waals surface area (Å²) in [5, 5.41) is 2.62. The van der Waals surface area contributed by atoms with Gasteiger partial charge in [-0.2, -0.15) is 0 Å². The fourth-order valence-corrected chi connectivity index (χ4v) is 2.53. The van der Waals surface area contributed by atoms with E-state index in [1.54, 1.807) is 0 Å². The van der Waals surface area contributed by atoms with Crippen LogP contribution in [0.15, 0.2) is 18.2 Å². The van der Waals surface area contributed by atoms with Gasteiger partial charge in [0.2, 0.25) is 5.91 Å². The lowest BCUT2D eigenvalue weighted by Gasteiger charge is -2.23. The van der Waals surface area contributed by atoms with Crippen molar-refractivity contribution in [2.75, 3.05) is 24.1 Å². The highest BCUT2D eigenvalue weighted by atomic mass is 19.1. The predicted octanol–water partition coefficient (Wildman–Crippen LogP) is 2.32. The van der Waals surface area contributed by atoms with Crippen molar-refractivity contribution in [1.29, 1.82) is 0 Å². The fraction of sp³-hybridized carbons (Fsp3) is 0.533. The first-order valence-corrected chi connectivity index (χ1v) is 6.98. The molecule has 0 bridgehead atoms. The van der Waals surface area contributed by atoms with E-state index in [2.05, 4.69) is 24.1 Å². The second-order valence-corrected chi connectivity index (χ2v) is 5.81. The van der Waals surface area contributed by atoms with Gasteiger partial charge in [-0.3, -0.25) is 9.69 Å². The number of nitrogens with zero attached hydrogens (tertiary/aromatic N) is 1. The quantitative estimate of drug-likeness (QED) is 0.835. The smallest absolute Gasteiger partial charge is 0.241 e. The van der Waals surface area contributed by atoms with Crippen molar-refractivity contribution < 1.29 is 9.18 Å². The van der Waals surface area contributed by atoms with E-state index in [1.807, 2.05) is 6.92 Å². The molecule has 5 heteroatoms. The summed E-state index contributed by atoms with van der Waals surface area (Å²) in [5.74, 6) is 0.488. The second-order valence-electron chi connectivity index (χ2n) is 5.81. The number of carbonyl (C=O) groups is 1. The third-order valence-corrected chi connectivity index (χ3v) is 4.19. The van der Waals surface area contributed by atoms with Crippen LogP contribution < -0.4 is 11.1 Å². The van der Waals surface area contributed by atoms with E-state index >= 15 is 0 Å². The van der Waals surface area contributed by atoms with Crippen molar-refractivity contribution in [2.24, 2.45) is 11.8 Å². The number of hydrogen-bond donors (Lipinski definition) is 2. The zero-order valence-electron chi connectivity index (χ0n) is 12.2. The normalized spacial score (nSPS) is 24.6. The molecule has 1 saturated heterocycles. The average molecular weight is 279 g/mol. The van der Waals surface area contributed by atoms with Gasteiger partial charge in [-0.1, -0.05) is 13.8 Å². The highest BCUT2D eigenvalue weighted by Crippen LogP contribution is 2.25. The molecule has 0 radical (unpaired) electrons. The summed E-state index contributed by atoms with van der Waals surface area (Å²) in [6.07, 6.45) is 0. The van der Waals surface area contributed by atoms with Crippen LogP contribution in [0.3, 0.4) is 0 Å². The van der Waals surface area contributed by atoms with E-state index in [0.29, 0.717) is 17.5 Å². The number of nitrogens with two attached hydrogens (primary N) is 1. The summed E-state index contributed by atoms with van der Waals surface area (Å²) in [6, 6.07) is 3.89. The van der Waals surface area contributed by atoms with Crippen LogP contribution in [0.25, 0.3) is 0 Å². The summed E-state index contributed by atoms with van der Waals surface area (Å²) in [6.45, 7) is 8.02. The molecular weight excluding hydrogens is 257 g/mol. The van der Waals surface area contributed by atoms with Crippen LogP contribution >= 0.6 is 0 Å². The number of nitrogens with one attached hydrogen (secondary N) is 1. The van der Waals surface area contributed by atoms with Gasteiger partial charge in [-0.05, 0) is 37.0 Å². The van der Waals surface area contributed by atoms with Crippen LogP contribution in [-0.4, -0.2) is 29.9 Å². The van der Waals surface area contributed by atoms with E-state index in [-0.39, 0.29) is 17.6 Å². The second kappa shape index (κ2) is 5.79. The summed E-state index contributed by atoms with van der Waals surface area (Å²) in [5.41, 5.74) is 6.18. The Labute approximate surface area is 119 Å². The van der Waals surface area contributed by atoms with Crippen molar-refractivity contribution in [3.05, 3.63) is 24.0 Å². The van der Waals surface area contributed by atoms with Crippen molar-refractivity contribution in [3.63, 3.8) is 0 Å². The molecule has 1 aliphatic heterocycles. The first kappa shape index (κ1) is 14.8. The van der Waals surface area contributed by atoms with Crippen LogP contribution in [0, 0.1) is 17.7 Å². The number of amides is 1. The van der Waals surface area contributed by atoms with Gasteiger partial charge in [0.1, 0.15) is 5.82 Å². The number of benzene rings is 1. The van der Waals surface area contributed by atoms with Gasteiger partial charge in [0.15, 0.2) is 0 Å². The Balaban J connectivity index is 2.03. The minimum absolute atomic E-state index is 0.141. The Bertz CT molecular complexity index is 496. The minimum atomic E-state index is -0.470. The summed E-state index contributed by atoms with van der Waals surface area (Å²) < 4.78 is 13.6. The Morgan fingerprint density at radius 2 is 2.00 bits per heavy atom. The predicted molar refractivity (Wildman–Crippen MR) is 78.8 cm³/mol. The topological polar surface area (TPSA) is 58.4 Å². The first-order valence-electron chi connectivity index (χ1n) is 6.98. The van der Waals surface area contributed by atoms with Gasteiger partial charge >= 0.3 is 0 Å². The third-order valence-electron chi connectivity index (χ3n) is 4.19. The molecule has 20 heavy (non-hydrogen) atoms. The molecule has 0 saturated carbocycles. The lowest BCUT2D eigenvalue weighted by Crippen LogP contribution is -2.41. The molecule has 4 nitrogen and oxygen atoms in total. The number of nitrogen functional groups attached to an aromatic ring is 1. The molecular formula is C15H22FN3O. The monoisotopic (exact) mass is 279 g/mol. The van der Waals surface area contributed by atoms with Gasteiger partial charge in [-0.25, -0.2) is 4.39 Å². The molecule has 3 atom stereocenters. The van der Waals surface area contributed by atoms with Crippen molar-refractivity contribution in [3.8, 4) is 0 Å². The Morgan fingerprint density at radius 3 is 2.60 bits per heavy atom. The fourth-order valence-electron chi connectivity index (χ4n) is 2.53. The standard InChI is InChI=1S/C15H22FN3O/c1-9-7-19(8-10(9)2)11(3)15(20)18-14-6-12(17)4-5-13(14)16/h4-6,9-11H,7-8,17H2,1-3H3,(H,18,20). The van der Waals surface area contributed by atoms with Gasteiger partial charge in [0.05, 0.1) is 11.7 Å². The van der Waals surface area contributed by atoms with E-state index in [9.17, 15) is 9.18 Å². The molecule has 1 amide bonds. The molecule has 0 spiro atoms. The zero-order chi connectivity index (χ0) is 14.9. The highest BCUT2D eigenvalue weighted by molar-refractivity contribution is 5.95. The van der Waals surface area contributed by atoms with Crippen LogP contribution in [0.2, 0.25) is 0 Å². The minimum Gasteiger partial charge on any atom is -0.399 e. The van der Waals surface area contributed by atoms with Crippen LogP contribution in [0.1, 0.15) is 20.8 Å². The summed E-state index contributed by atoms with van der Waals surface area (Å²) in [4.78, 5) is 14.3. The van der Waals surface area contributed by atoms with Crippen LogP contribution in [-0.2, 0) is 4.79 Å². The maximum absolute atomic E-state index is 13.6. The van der Waals surface area contributed by atoms with Crippen molar-refractivity contribution >= 4 is 17.3 Å². The lowest BCUT2D eigenvalue weighted by molar-refractivity contribution is -0.120. The average Bonchev–Trinajstić information content (AvgIpc) is 2.73. The molecule has 1 fully saturated rings. The first-order chi connectivity index (χ1) is 9.38. The van der Waals surface area contributed by atoms with Crippen molar-refractivity contribution in [2.45, 2.75) is 26.8 Å². The van der Waals surface area contributed by atoms with Gasteiger partial charge in [0.25, 0.3) is 0 Å².